The van der Waals surface area contributed by atoms with E-state index >= 15 is 0 Å². The summed E-state index contributed by atoms with van der Waals surface area (Å²) in [6, 6.07) is 4.33. The Kier molecular flexibility index (Phi) is 3.81. The summed E-state index contributed by atoms with van der Waals surface area (Å²) in [5, 5.41) is 10.2. The van der Waals surface area contributed by atoms with Gasteiger partial charge >= 0.3 is 0 Å². The van der Waals surface area contributed by atoms with E-state index in [1.807, 2.05) is 13.0 Å². The maximum atomic E-state index is 10.2. The number of benzene rings is 1. The summed E-state index contributed by atoms with van der Waals surface area (Å²) in [4.78, 5) is 5.29. The summed E-state index contributed by atoms with van der Waals surface area (Å²) < 4.78 is 0. The third-order valence-electron chi connectivity index (χ3n) is 9.55. The molecule has 152 valence electrons. The van der Waals surface area contributed by atoms with Crippen molar-refractivity contribution in [3.63, 3.8) is 0 Å². The Morgan fingerprint density at radius 3 is 2.57 bits per heavy atom. The van der Waals surface area contributed by atoms with Crippen molar-refractivity contribution in [2.24, 2.45) is 33.4 Å². The number of phenols is 1. The Bertz CT molecular complexity index is 856. The monoisotopic (exact) mass is 380 g/mol. The van der Waals surface area contributed by atoms with Crippen LogP contribution >= 0.6 is 0 Å². The lowest BCUT2D eigenvalue weighted by atomic mass is 9.51. The zero-order chi connectivity index (χ0) is 19.9. The SMILES string of the molecule is Cc1cc2c(cc1O)CCC1C2CC[C@@]2(C)C1CC[C@@]21CCC(C)(C)C(N)=N1. The van der Waals surface area contributed by atoms with Crippen molar-refractivity contribution in [1.82, 2.24) is 0 Å². The van der Waals surface area contributed by atoms with Crippen LogP contribution < -0.4 is 5.73 Å². The van der Waals surface area contributed by atoms with Gasteiger partial charge in [0.1, 0.15) is 11.6 Å². The van der Waals surface area contributed by atoms with Crippen molar-refractivity contribution in [1.29, 1.82) is 0 Å². The van der Waals surface area contributed by atoms with Gasteiger partial charge in [-0.25, -0.2) is 0 Å². The highest BCUT2D eigenvalue weighted by atomic mass is 16.3. The van der Waals surface area contributed by atoms with E-state index in [-0.39, 0.29) is 11.0 Å². The van der Waals surface area contributed by atoms with Crippen LogP contribution in [0.4, 0.5) is 0 Å². The molecule has 3 nitrogen and oxygen atoms in total. The maximum Gasteiger partial charge on any atom is 0.118 e. The number of hydrogen-bond acceptors (Lipinski definition) is 3. The zero-order valence-electron chi connectivity index (χ0n) is 18.0. The van der Waals surface area contributed by atoms with Gasteiger partial charge in [-0.15, -0.1) is 0 Å². The number of nitrogens with two attached hydrogens (primary N) is 1. The van der Waals surface area contributed by atoms with Gasteiger partial charge in [-0.05, 0) is 104 Å². The molecule has 5 atom stereocenters. The van der Waals surface area contributed by atoms with E-state index in [1.165, 1.54) is 56.1 Å². The first-order valence-corrected chi connectivity index (χ1v) is 11.4. The number of fused-ring (bicyclic) bond motifs is 6. The number of nitrogens with zero attached hydrogens (tertiary/aromatic N) is 1. The Labute approximate surface area is 169 Å². The summed E-state index contributed by atoms with van der Waals surface area (Å²) in [5.41, 5.74) is 10.9. The maximum absolute atomic E-state index is 10.2. The van der Waals surface area contributed by atoms with Gasteiger partial charge in [-0.3, -0.25) is 4.99 Å². The van der Waals surface area contributed by atoms with Gasteiger partial charge < -0.3 is 10.8 Å². The topological polar surface area (TPSA) is 58.6 Å². The second-order valence-electron chi connectivity index (χ2n) is 11.2. The molecule has 3 N–H and O–H groups in total. The molecule has 1 aromatic carbocycles. The molecule has 0 saturated heterocycles. The first-order chi connectivity index (χ1) is 13.2. The highest BCUT2D eigenvalue weighted by Gasteiger charge is 2.63. The minimum Gasteiger partial charge on any atom is -0.508 e. The smallest absolute Gasteiger partial charge is 0.118 e. The first-order valence-electron chi connectivity index (χ1n) is 11.4. The van der Waals surface area contributed by atoms with Crippen LogP contribution in [0.25, 0.3) is 0 Å². The Hall–Kier alpha value is -1.51. The van der Waals surface area contributed by atoms with Crippen molar-refractivity contribution >= 4 is 5.84 Å². The molecule has 2 saturated carbocycles. The molecule has 3 heteroatoms. The average molecular weight is 381 g/mol. The van der Waals surface area contributed by atoms with E-state index in [9.17, 15) is 5.11 Å². The van der Waals surface area contributed by atoms with Crippen LogP contribution in [-0.4, -0.2) is 16.5 Å². The van der Waals surface area contributed by atoms with E-state index in [0.29, 0.717) is 17.1 Å². The molecule has 1 heterocycles. The van der Waals surface area contributed by atoms with Crippen LogP contribution in [0.2, 0.25) is 0 Å². The molecule has 1 aromatic rings. The van der Waals surface area contributed by atoms with Crippen molar-refractivity contribution in [3.8, 4) is 5.75 Å². The van der Waals surface area contributed by atoms with Gasteiger partial charge in [-0.2, -0.15) is 0 Å². The molecule has 0 radical (unpaired) electrons. The summed E-state index contributed by atoms with van der Waals surface area (Å²) in [6.45, 7) is 9.09. The normalized spacial score (nSPS) is 41.1. The zero-order valence-corrected chi connectivity index (χ0v) is 18.0. The second-order valence-corrected chi connectivity index (χ2v) is 11.2. The van der Waals surface area contributed by atoms with Crippen LogP contribution in [0.3, 0.4) is 0 Å². The fraction of sp³-hybridized carbons (Fsp3) is 0.720. The average Bonchev–Trinajstić information content (AvgIpc) is 2.92. The van der Waals surface area contributed by atoms with Gasteiger partial charge in [0.25, 0.3) is 0 Å². The van der Waals surface area contributed by atoms with E-state index in [2.05, 4.69) is 26.8 Å². The summed E-state index contributed by atoms with van der Waals surface area (Å²) in [5.74, 6) is 3.54. The predicted molar refractivity (Wildman–Crippen MR) is 115 cm³/mol. The van der Waals surface area contributed by atoms with Crippen LogP contribution in [0.5, 0.6) is 5.75 Å². The largest absolute Gasteiger partial charge is 0.508 e. The van der Waals surface area contributed by atoms with Crippen LogP contribution in [0.15, 0.2) is 17.1 Å². The highest BCUT2D eigenvalue weighted by molar-refractivity contribution is 5.87. The van der Waals surface area contributed by atoms with Gasteiger partial charge in [0.2, 0.25) is 0 Å². The first kappa shape index (κ1) is 18.5. The molecule has 1 spiro atoms. The van der Waals surface area contributed by atoms with Gasteiger partial charge in [0.15, 0.2) is 0 Å². The number of phenolic OH excluding ortho intramolecular Hbond substituents is 1. The van der Waals surface area contributed by atoms with E-state index in [0.717, 1.165) is 29.7 Å². The summed E-state index contributed by atoms with van der Waals surface area (Å²) in [7, 11) is 0. The third kappa shape index (κ3) is 2.31. The van der Waals surface area contributed by atoms with Crippen molar-refractivity contribution in [2.45, 2.75) is 90.5 Å². The van der Waals surface area contributed by atoms with Crippen molar-refractivity contribution < 1.29 is 5.11 Å². The molecule has 28 heavy (non-hydrogen) atoms. The number of aryl methyl sites for hydroxylation is 2. The molecule has 0 bridgehead atoms. The standard InChI is InChI=1S/C25H36N2O/c1-15-13-19-16(14-21(15)28)5-6-18-17(19)7-9-24(4)20(18)8-10-25(24)12-11-23(2,3)22(26)27-25/h13-14,17-18,20,28H,5-12H2,1-4H3,(H2,26,27)/t17?,18?,20?,24-,25+/m0/s1. The number of hydrogen-bond donors (Lipinski definition) is 2. The lowest BCUT2D eigenvalue weighted by molar-refractivity contribution is 0.00663. The van der Waals surface area contributed by atoms with Crippen molar-refractivity contribution in [3.05, 3.63) is 28.8 Å². The summed E-state index contributed by atoms with van der Waals surface area (Å²) in [6.07, 6.45) is 9.79. The molecule has 4 aliphatic rings. The highest BCUT2D eigenvalue weighted by Crippen LogP contribution is 2.67. The summed E-state index contributed by atoms with van der Waals surface area (Å²) >= 11 is 0. The Morgan fingerprint density at radius 1 is 1.04 bits per heavy atom. The molecule has 3 unspecified atom stereocenters. The van der Waals surface area contributed by atoms with Crippen LogP contribution in [0, 0.1) is 29.6 Å². The van der Waals surface area contributed by atoms with E-state index in [1.54, 1.807) is 0 Å². The minimum absolute atomic E-state index is 0.0558. The van der Waals surface area contributed by atoms with Crippen molar-refractivity contribution in [2.75, 3.05) is 0 Å². The Morgan fingerprint density at radius 2 is 1.82 bits per heavy atom. The minimum atomic E-state index is 0.0558. The third-order valence-corrected chi connectivity index (χ3v) is 9.55. The molecule has 5 rings (SSSR count). The van der Waals surface area contributed by atoms with E-state index < -0.39 is 0 Å². The predicted octanol–water partition coefficient (Wildman–Crippen LogP) is 5.47. The fourth-order valence-electron chi connectivity index (χ4n) is 7.51. The molecular weight excluding hydrogens is 344 g/mol. The molecule has 0 amide bonds. The van der Waals surface area contributed by atoms with Gasteiger partial charge in [0.05, 0.1) is 5.54 Å². The van der Waals surface area contributed by atoms with Gasteiger partial charge in [0, 0.05) is 5.41 Å². The quantitative estimate of drug-likeness (QED) is 0.627. The molecule has 3 aliphatic carbocycles. The molecular formula is C25H36N2O. The molecule has 1 aliphatic heterocycles. The second kappa shape index (κ2) is 5.77. The van der Waals surface area contributed by atoms with Crippen LogP contribution in [0.1, 0.15) is 88.3 Å². The number of rotatable bonds is 0. The number of amidine groups is 1. The number of aliphatic imine (C=N–C) groups is 1. The number of aromatic hydroxyl groups is 1. The lowest BCUT2D eigenvalue weighted by Crippen LogP contribution is -2.54. The molecule has 0 aromatic heterocycles. The van der Waals surface area contributed by atoms with Gasteiger partial charge in [-0.1, -0.05) is 26.8 Å². The lowest BCUT2D eigenvalue weighted by Gasteiger charge is -2.55. The Balaban J connectivity index is 1.51. The fourth-order valence-corrected chi connectivity index (χ4v) is 7.51. The van der Waals surface area contributed by atoms with E-state index in [4.69, 9.17) is 10.7 Å². The molecule has 2 fully saturated rings. The van der Waals surface area contributed by atoms with Crippen LogP contribution in [-0.2, 0) is 6.42 Å².